The molecule has 1 spiro atoms. The molecule has 98 valence electrons. The van der Waals surface area contributed by atoms with Crippen LogP contribution in [0.25, 0.3) is 0 Å². The Morgan fingerprint density at radius 2 is 2.06 bits per heavy atom. The van der Waals surface area contributed by atoms with Crippen LogP contribution in [0.2, 0.25) is 0 Å². The number of ether oxygens (including phenoxy) is 1. The molecule has 17 heavy (non-hydrogen) atoms. The van der Waals surface area contributed by atoms with E-state index >= 15 is 0 Å². The van der Waals surface area contributed by atoms with E-state index in [1.807, 2.05) is 11.8 Å². The second kappa shape index (κ2) is 5.57. The zero-order valence-electron chi connectivity index (χ0n) is 10.6. The maximum atomic E-state index is 12.0. The van der Waals surface area contributed by atoms with E-state index in [4.69, 9.17) is 16.3 Å². The molecule has 2 heterocycles. The van der Waals surface area contributed by atoms with E-state index < -0.39 is 0 Å². The van der Waals surface area contributed by atoms with Crippen molar-refractivity contribution in [1.82, 2.24) is 4.90 Å². The summed E-state index contributed by atoms with van der Waals surface area (Å²) in [5.74, 6) is 0.0971. The number of halogens is 1. The van der Waals surface area contributed by atoms with Gasteiger partial charge in [-0.25, -0.2) is 0 Å². The van der Waals surface area contributed by atoms with Gasteiger partial charge in [-0.15, -0.1) is 11.6 Å². The Kier molecular flexibility index (Phi) is 4.31. The second-order valence-corrected chi connectivity index (χ2v) is 5.72. The number of hydrogen-bond acceptors (Lipinski definition) is 2. The van der Waals surface area contributed by atoms with Gasteiger partial charge < -0.3 is 9.64 Å². The van der Waals surface area contributed by atoms with Gasteiger partial charge in [0, 0.05) is 19.7 Å². The molecule has 0 saturated carbocycles. The standard InChI is InChI=1S/C13H22ClNO2/c1-2-11(14)12(16)15-8-6-13(7-9-15)5-3-4-10-17-13/h11H,2-10H2,1H3/t11-/m0/s1. The molecule has 2 aliphatic heterocycles. The number of alkyl halides is 1. The molecule has 0 aliphatic carbocycles. The molecule has 2 saturated heterocycles. The molecule has 0 aromatic rings. The van der Waals surface area contributed by atoms with Crippen molar-refractivity contribution in [3.8, 4) is 0 Å². The highest BCUT2D eigenvalue weighted by molar-refractivity contribution is 6.30. The van der Waals surface area contributed by atoms with E-state index in [1.165, 1.54) is 12.8 Å². The summed E-state index contributed by atoms with van der Waals surface area (Å²) in [6.45, 7) is 4.45. The molecule has 2 aliphatic rings. The number of likely N-dealkylation sites (tertiary alicyclic amines) is 1. The average molecular weight is 260 g/mol. The first kappa shape index (κ1) is 13.2. The number of hydrogen-bond donors (Lipinski definition) is 0. The van der Waals surface area contributed by atoms with Crippen LogP contribution in [0.3, 0.4) is 0 Å². The Morgan fingerprint density at radius 1 is 1.35 bits per heavy atom. The molecule has 0 radical (unpaired) electrons. The lowest BCUT2D eigenvalue weighted by atomic mass is 9.84. The molecule has 1 atom stereocenters. The molecule has 0 bridgehead atoms. The van der Waals surface area contributed by atoms with Gasteiger partial charge in [0.15, 0.2) is 0 Å². The van der Waals surface area contributed by atoms with Crippen molar-refractivity contribution in [2.75, 3.05) is 19.7 Å². The molecule has 4 heteroatoms. The molecule has 0 unspecified atom stereocenters. The average Bonchev–Trinajstić information content (AvgIpc) is 2.39. The number of nitrogens with zero attached hydrogens (tertiary/aromatic N) is 1. The maximum Gasteiger partial charge on any atom is 0.240 e. The summed E-state index contributed by atoms with van der Waals surface area (Å²) in [6.07, 6.45) is 6.27. The number of carbonyl (C=O) groups is 1. The summed E-state index contributed by atoms with van der Waals surface area (Å²) in [7, 11) is 0. The summed E-state index contributed by atoms with van der Waals surface area (Å²) in [5.41, 5.74) is 0.0725. The first-order valence-electron chi connectivity index (χ1n) is 6.74. The van der Waals surface area contributed by atoms with Crippen LogP contribution in [0.15, 0.2) is 0 Å². The fourth-order valence-electron chi connectivity index (χ4n) is 2.81. The molecular formula is C13H22ClNO2. The van der Waals surface area contributed by atoms with E-state index in [1.54, 1.807) is 0 Å². The van der Waals surface area contributed by atoms with Gasteiger partial charge in [-0.05, 0) is 38.5 Å². The smallest absolute Gasteiger partial charge is 0.240 e. The van der Waals surface area contributed by atoms with Gasteiger partial charge in [-0.1, -0.05) is 6.92 Å². The SMILES string of the molecule is CC[C@H](Cl)C(=O)N1CCC2(CCCCO2)CC1. The lowest BCUT2D eigenvalue weighted by Gasteiger charge is -2.44. The molecule has 2 fully saturated rings. The normalized spacial score (nSPS) is 25.9. The van der Waals surface area contributed by atoms with Crippen molar-refractivity contribution in [2.24, 2.45) is 0 Å². The van der Waals surface area contributed by atoms with E-state index in [9.17, 15) is 4.79 Å². The van der Waals surface area contributed by atoms with Gasteiger partial charge >= 0.3 is 0 Å². The van der Waals surface area contributed by atoms with Crippen LogP contribution in [0.4, 0.5) is 0 Å². The highest BCUT2D eigenvalue weighted by atomic mass is 35.5. The summed E-state index contributed by atoms with van der Waals surface area (Å²) in [5, 5.41) is -0.351. The summed E-state index contributed by atoms with van der Waals surface area (Å²) in [6, 6.07) is 0. The third kappa shape index (κ3) is 2.94. The predicted molar refractivity (Wildman–Crippen MR) is 68.3 cm³/mol. The monoisotopic (exact) mass is 259 g/mol. The molecule has 1 amide bonds. The van der Waals surface area contributed by atoms with Crippen molar-refractivity contribution in [1.29, 1.82) is 0 Å². The summed E-state index contributed by atoms with van der Waals surface area (Å²) >= 11 is 6.00. The Bertz CT molecular complexity index is 267. The van der Waals surface area contributed by atoms with E-state index in [0.29, 0.717) is 6.42 Å². The van der Waals surface area contributed by atoms with Crippen molar-refractivity contribution in [3.63, 3.8) is 0 Å². The summed E-state index contributed by atoms with van der Waals surface area (Å²) in [4.78, 5) is 13.9. The summed E-state index contributed by atoms with van der Waals surface area (Å²) < 4.78 is 5.95. The Morgan fingerprint density at radius 3 is 2.59 bits per heavy atom. The third-order valence-electron chi connectivity index (χ3n) is 4.05. The Hall–Kier alpha value is -0.280. The quantitative estimate of drug-likeness (QED) is 0.714. The predicted octanol–water partition coefficient (Wildman–Crippen LogP) is 2.57. The van der Waals surface area contributed by atoms with Gasteiger partial charge in [-0.2, -0.15) is 0 Å². The van der Waals surface area contributed by atoms with Crippen LogP contribution in [0.1, 0.15) is 45.4 Å². The van der Waals surface area contributed by atoms with Crippen molar-refractivity contribution in [3.05, 3.63) is 0 Å². The minimum Gasteiger partial charge on any atom is -0.375 e. The topological polar surface area (TPSA) is 29.5 Å². The molecule has 3 nitrogen and oxygen atoms in total. The van der Waals surface area contributed by atoms with Gasteiger partial charge in [0.25, 0.3) is 0 Å². The van der Waals surface area contributed by atoms with Gasteiger partial charge in [-0.3, -0.25) is 4.79 Å². The van der Waals surface area contributed by atoms with Crippen LogP contribution in [0, 0.1) is 0 Å². The van der Waals surface area contributed by atoms with Crippen LogP contribution < -0.4 is 0 Å². The minimum absolute atomic E-state index is 0.0725. The molecule has 0 aromatic heterocycles. The van der Waals surface area contributed by atoms with E-state index in [0.717, 1.165) is 39.0 Å². The first-order chi connectivity index (χ1) is 8.17. The Labute approximate surface area is 108 Å². The molecule has 2 rings (SSSR count). The van der Waals surface area contributed by atoms with E-state index in [-0.39, 0.29) is 16.9 Å². The van der Waals surface area contributed by atoms with Gasteiger partial charge in [0.1, 0.15) is 5.38 Å². The lowest BCUT2D eigenvalue weighted by Crippen LogP contribution is -2.50. The fraction of sp³-hybridized carbons (Fsp3) is 0.923. The van der Waals surface area contributed by atoms with Crippen LogP contribution in [-0.2, 0) is 9.53 Å². The zero-order valence-corrected chi connectivity index (χ0v) is 11.3. The molecular weight excluding hydrogens is 238 g/mol. The number of rotatable bonds is 2. The molecule has 0 N–H and O–H groups in total. The number of piperidine rings is 1. The largest absolute Gasteiger partial charge is 0.375 e. The number of amides is 1. The van der Waals surface area contributed by atoms with Crippen LogP contribution in [-0.4, -0.2) is 41.5 Å². The van der Waals surface area contributed by atoms with Crippen LogP contribution in [0.5, 0.6) is 0 Å². The highest BCUT2D eigenvalue weighted by Crippen LogP contribution is 2.35. The third-order valence-corrected chi connectivity index (χ3v) is 4.54. The first-order valence-corrected chi connectivity index (χ1v) is 7.17. The van der Waals surface area contributed by atoms with Crippen molar-refractivity contribution < 1.29 is 9.53 Å². The highest BCUT2D eigenvalue weighted by Gasteiger charge is 2.38. The van der Waals surface area contributed by atoms with Crippen LogP contribution >= 0.6 is 11.6 Å². The second-order valence-electron chi connectivity index (χ2n) is 5.19. The fourth-order valence-corrected chi connectivity index (χ4v) is 2.95. The van der Waals surface area contributed by atoms with E-state index in [2.05, 4.69) is 0 Å². The van der Waals surface area contributed by atoms with Crippen molar-refractivity contribution in [2.45, 2.75) is 56.4 Å². The lowest BCUT2D eigenvalue weighted by molar-refractivity contribution is -0.142. The number of carbonyl (C=O) groups excluding carboxylic acids is 1. The minimum atomic E-state index is -0.351. The van der Waals surface area contributed by atoms with Gasteiger partial charge in [0.2, 0.25) is 5.91 Å². The molecule has 0 aromatic carbocycles. The Balaban J connectivity index is 1.87. The zero-order chi connectivity index (χ0) is 12.3. The van der Waals surface area contributed by atoms with Gasteiger partial charge in [0.05, 0.1) is 5.60 Å². The van der Waals surface area contributed by atoms with Crippen molar-refractivity contribution >= 4 is 17.5 Å². The maximum absolute atomic E-state index is 12.0.